The third-order valence-electron chi connectivity index (χ3n) is 8.74. The zero-order valence-electron chi connectivity index (χ0n) is 22.5. The number of fused-ring (bicyclic) bond motifs is 3. The van der Waals surface area contributed by atoms with Crippen molar-refractivity contribution in [3.63, 3.8) is 0 Å². The fraction of sp³-hybridized carbons (Fsp3) is 0.382. The lowest BCUT2D eigenvalue weighted by Gasteiger charge is -2.39. The SMILES string of the molecule is Cc1ccccc1-n1c(C)c2[n+](c1C(C)(C)C)-c1ccccc1C2(c1ccccc1)C1CCCCC1. The lowest BCUT2D eigenvalue weighted by molar-refractivity contribution is -0.611. The number of hydrogen-bond acceptors (Lipinski definition) is 0. The van der Waals surface area contributed by atoms with Gasteiger partial charge in [0.15, 0.2) is 11.4 Å². The van der Waals surface area contributed by atoms with E-state index in [0.29, 0.717) is 5.92 Å². The molecule has 2 heteroatoms. The summed E-state index contributed by atoms with van der Waals surface area (Å²) in [7, 11) is 0. The van der Waals surface area contributed by atoms with Crippen LogP contribution in [0.2, 0.25) is 0 Å². The molecule has 4 aromatic rings. The Morgan fingerprint density at radius 3 is 2.11 bits per heavy atom. The van der Waals surface area contributed by atoms with Crippen molar-refractivity contribution in [2.45, 2.75) is 77.6 Å². The van der Waals surface area contributed by atoms with Crippen molar-refractivity contribution in [1.82, 2.24) is 4.57 Å². The van der Waals surface area contributed by atoms with Gasteiger partial charge < -0.3 is 0 Å². The molecule has 1 unspecified atom stereocenters. The number of hydrogen-bond donors (Lipinski definition) is 0. The standard InChI is InChI=1S/C34H39N2/c1-24-16-12-14-22-29(24)35-25(2)31-34(26-17-8-6-9-18-26,27-19-10-7-11-20-27)28-21-13-15-23-30(28)36(31)32(35)33(3,4)5/h6,8-9,12-18,21-23,27H,7,10-11,19-20H2,1-5H3/q+1. The molecule has 0 spiro atoms. The molecule has 2 heterocycles. The summed E-state index contributed by atoms with van der Waals surface area (Å²) in [6.07, 6.45) is 6.57. The van der Waals surface area contributed by atoms with Gasteiger partial charge >= 0.3 is 0 Å². The number of aromatic nitrogens is 2. The molecule has 1 saturated carbocycles. The summed E-state index contributed by atoms with van der Waals surface area (Å²) in [5.74, 6) is 1.95. The normalized spacial score (nSPS) is 19.8. The molecule has 6 rings (SSSR count). The summed E-state index contributed by atoms with van der Waals surface area (Å²) in [5.41, 5.74) is 9.58. The first kappa shape index (κ1) is 23.3. The fourth-order valence-corrected chi connectivity index (χ4v) is 7.42. The molecular formula is C34H39N2+. The van der Waals surface area contributed by atoms with E-state index in [1.165, 1.54) is 77.4 Å². The number of benzene rings is 3. The van der Waals surface area contributed by atoms with Crippen LogP contribution in [-0.2, 0) is 10.8 Å². The van der Waals surface area contributed by atoms with Crippen molar-refractivity contribution >= 4 is 0 Å². The van der Waals surface area contributed by atoms with Crippen LogP contribution in [0, 0.1) is 19.8 Å². The number of imidazole rings is 1. The van der Waals surface area contributed by atoms with Gasteiger partial charge in [0.05, 0.1) is 10.8 Å². The minimum atomic E-state index is -0.143. The van der Waals surface area contributed by atoms with Crippen molar-refractivity contribution < 1.29 is 4.57 Å². The smallest absolute Gasteiger partial charge is 0.196 e. The highest BCUT2D eigenvalue weighted by Gasteiger charge is 2.58. The van der Waals surface area contributed by atoms with Crippen LogP contribution >= 0.6 is 0 Å². The van der Waals surface area contributed by atoms with E-state index in [-0.39, 0.29) is 10.8 Å². The number of nitrogens with zero attached hydrogens (tertiary/aromatic N) is 2. The molecule has 1 aromatic heterocycles. The first-order valence-corrected chi connectivity index (χ1v) is 13.8. The topological polar surface area (TPSA) is 8.81 Å². The highest BCUT2D eigenvalue weighted by Crippen LogP contribution is 2.55. The number of aryl methyl sites for hydroxylation is 1. The minimum Gasteiger partial charge on any atom is -0.196 e. The molecule has 184 valence electrons. The van der Waals surface area contributed by atoms with Gasteiger partial charge in [0.25, 0.3) is 5.82 Å². The molecular weight excluding hydrogens is 436 g/mol. The molecule has 0 N–H and O–H groups in total. The minimum absolute atomic E-state index is 0.0439. The molecule has 1 aliphatic carbocycles. The van der Waals surface area contributed by atoms with Crippen LogP contribution in [0.4, 0.5) is 0 Å². The van der Waals surface area contributed by atoms with Gasteiger partial charge in [0, 0.05) is 12.5 Å². The average molecular weight is 476 g/mol. The first-order valence-electron chi connectivity index (χ1n) is 13.8. The highest BCUT2D eigenvalue weighted by atomic mass is 15.2. The van der Waals surface area contributed by atoms with E-state index < -0.39 is 0 Å². The van der Waals surface area contributed by atoms with E-state index in [0.717, 1.165) is 0 Å². The lowest BCUT2D eigenvalue weighted by Crippen LogP contribution is -2.45. The summed E-state index contributed by atoms with van der Waals surface area (Å²) in [6, 6.07) is 29.6. The Hall–Kier alpha value is -3.13. The second kappa shape index (κ2) is 8.47. The molecule has 2 nitrogen and oxygen atoms in total. The third kappa shape index (κ3) is 3.19. The monoisotopic (exact) mass is 475 g/mol. The zero-order chi connectivity index (χ0) is 25.1. The van der Waals surface area contributed by atoms with E-state index in [1.54, 1.807) is 0 Å². The maximum Gasteiger partial charge on any atom is 0.272 e. The molecule has 1 atom stereocenters. The quantitative estimate of drug-likeness (QED) is 0.266. The van der Waals surface area contributed by atoms with Gasteiger partial charge in [-0.25, -0.2) is 0 Å². The van der Waals surface area contributed by atoms with Crippen LogP contribution in [0.25, 0.3) is 11.4 Å². The summed E-state index contributed by atoms with van der Waals surface area (Å²) in [4.78, 5) is 0. The van der Waals surface area contributed by atoms with E-state index >= 15 is 0 Å². The summed E-state index contributed by atoms with van der Waals surface area (Å²) in [6.45, 7) is 11.7. The maximum absolute atomic E-state index is 2.67. The molecule has 0 bridgehead atoms. The fourth-order valence-electron chi connectivity index (χ4n) is 7.42. The van der Waals surface area contributed by atoms with Gasteiger partial charge in [-0.1, -0.05) is 86.0 Å². The molecule has 1 fully saturated rings. The molecule has 0 amide bonds. The molecule has 3 aromatic carbocycles. The van der Waals surface area contributed by atoms with Crippen molar-refractivity contribution in [1.29, 1.82) is 0 Å². The lowest BCUT2D eigenvalue weighted by atomic mass is 9.60. The summed E-state index contributed by atoms with van der Waals surface area (Å²) < 4.78 is 5.25. The first-order chi connectivity index (χ1) is 17.4. The second-order valence-electron chi connectivity index (χ2n) is 12.0. The Bertz CT molecular complexity index is 1410. The van der Waals surface area contributed by atoms with Crippen molar-refractivity contribution in [3.8, 4) is 11.4 Å². The Morgan fingerprint density at radius 2 is 1.42 bits per heavy atom. The van der Waals surface area contributed by atoms with Gasteiger partial charge in [0.1, 0.15) is 11.4 Å². The Morgan fingerprint density at radius 1 is 0.778 bits per heavy atom. The maximum atomic E-state index is 2.67. The van der Waals surface area contributed by atoms with Gasteiger partial charge in [-0.3, -0.25) is 0 Å². The van der Waals surface area contributed by atoms with Gasteiger partial charge in [-0.05, 0) is 69.7 Å². The van der Waals surface area contributed by atoms with Crippen molar-refractivity contribution in [2.24, 2.45) is 5.92 Å². The van der Waals surface area contributed by atoms with Crippen molar-refractivity contribution in [2.75, 3.05) is 0 Å². The molecule has 0 radical (unpaired) electrons. The predicted molar refractivity (Wildman–Crippen MR) is 148 cm³/mol. The van der Waals surface area contributed by atoms with E-state index in [2.05, 4.69) is 123 Å². The van der Waals surface area contributed by atoms with Crippen LogP contribution in [0.3, 0.4) is 0 Å². The number of rotatable bonds is 3. The van der Waals surface area contributed by atoms with Gasteiger partial charge in [0.2, 0.25) is 0 Å². The third-order valence-corrected chi connectivity index (χ3v) is 8.74. The predicted octanol–water partition coefficient (Wildman–Crippen LogP) is 7.90. The second-order valence-corrected chi connectivity index (χ2v) is 12.0. The van der Waals surface area contributed by atoms with E-state index in [1.807, 2.05) is 0 Å². The average Bonchev–Trinajstić information content (AvgIpc) is 3.36. The largest absolute Gasteiger partial charge is 0.272 e. The summed E-state index contributed by atoms with van der Waals surface area (Å²) >= 11 is 0. The summed E-state index contributed by atoms with van der Waals surface area (Å²) in [5, 5.41) is 0. The van der Waals surface area contributed by atoms with Crippen LogP contribution in [0.1, 0.15) is 86.8 Å². The van der Waals surface area contributed by atoms with Crippen LogP contribution < -0.4 is 4.57 Å². The highest BCUT2D eigenvalue weighted by molar-refractivity contribution is 5.60. The molecule has 2 aliphatic rings. The van der Waals surface area contributed by atoms with Crippen LogP contribution in [0.5, 0.6) is 0 Å². The molecule has 0 saturated heterocycles. The Labute approximate surface area is 216 Å². The van der Waals surface area contributed by atoms with E-state index in [4.69, 9.17) is 0 Å². The van der Waals surface area contributed by atoms with Crippen LogP contribution in [0.15, 0.2) is 78.9 Å². The van der Waals surface area contributed by atoms with Gasteiger partial charge in [-0.2, -0.15) is 9.13 Å². The Balaban J connectivity index is 1.81. The molecule has 36 heavy (non-hydrogen) atoms. The van der Waals surface area contributed by atoms with Crippen molar-refractivity contribution in [3.05, 3.63) is 113 Å². The number of para-hydroxylation sites is 2. The molecule has 1 aliphatic heterocycles. The Kier molecular flexibility index (Phi) is 5.48. The van der Waals surface area contributed by atoms with Gasteiger partial charge in [-0.15, -0.1) is 0 Å². The van der Waals surface area contributed by atoms with E-state index in [9.17, 15) is 0 Å². The van der Waals surface area contributed by atoms with Crippen LogP contribution in [-0.4, -0.2) is 4.57 Å². The zero-order valence-corrected chi connectivity index (χ0v) is 22.5.